The molecular formula is C16H24N2O4S. The molecule has 1 atom stereocenters. The van der Waals surface area contributed by atoms with Gasteiger partial charge in [0.15, 0.2) is 11.5 Å². The molecule has 0 saturated carbocycles. The molecule has 23 heavy (non-hydrogen) atoms. The minimum atomic E-state index is -3.22. The second-order valence-corrected chi connectivity index (χ2v) is 8.03. The van der Waals surface area contributed by atoms with Crippen LogP contribution in [0.1, 0.15) is 37.3 Å². The summed E-state index contributed by atoms with van der Waals surface area (Å²) in [6, 6.07) is 5.90. The van der Waals surface area contributed by atoms with Gasteiger partial charge in [0.2, 0.25) is 16.8 Å². The highest BCUT2D eigenvalue weighted by molar-refractivity contribution is 7.88. The second kappa shape index (κ2) is 7.07. The molecular weight excluding hydrogens is 316 g/mol. The highest BCUT2D eigenvalue weighted by atomic mass is 32.2. The van der Waals surface area contributed by atoms with Crippen LogP contribution in [0.3, 0.4) is 0 Å². The molecule has 0 bridgehead atoms. The minimum Gasteiger partial charge on any atom is -0.454 e. The quantitative estimate of drug-likeness (QED) is 0.886. The molecule has 0 amide bonds. The van der Waals surface area contributed by atoms with E-state index in [0.29, 0.717) is 6.54 Å². The van der Waals surface area contributed by atoms with Crippen molar-refractivity contribution >= 4 is 10.0 Å². The van der Waals surface area contributed by atoms with Crippen LogP contribution >= 0.6 is 0 Å². The third-order valence-electron chi connectivity index (χ3n) is 4.40. The van der Waals surface area contributed by atoms with Gasteiger partial charge in [-0.3, -0.25) is 4.90 Å². The molecule has 1 fully saturated rings. The molecule has 0 aliphatic carbocycles. The third-order valence-corrected chi connectivity index (χ3v) is 5.09. The summed E-state index contributed by atoms with van der Waals surface area (Å²) < 4.78 is 36.6. The van der Waals surface area contributed by atoms with Crippen molar-refractivity contribution < 1.29 is 17.9 Å². The predicted molar refractivity (Wildman–Crippen MR) is 88.2 cm³/mol. The molecule has 3 rings (SSSR count). The van der Waals surface area contributed by atoms with Gasteiger partial charge < -0.3 is 9.47 Å². The maximum atomic E-state index is 11.5. The topological polar surface area (TPSA) is 67.9 Å². The van der Waals surface area contributed by atoms with E-state index in [9.17, 15) is 8.42 Å². The molecule has 2 aliphatic heterocycles. The molecule has 2 aliphatic rings. The van der Waals surface area contributed by atoms with Gasteiger partial charge >= 0.3 is 0 Å². The molecule has 0 aromatic heterocycles. The van der Waals surface area contributed by atoms with Gasteiger partial charge in [0.25, 0.3) is 0 Å². The van der Waals surface area contributed by atoms with E-state index in [1.54, 1.807) is 0 Å². The van der Waals surface area contributed by atoms with E-state index in [-0.39, 0.29) is 12.8 Å². The maximum absolute atomic E-state index is 11.5. The van der Waals surface area contributed by atoms with Gasteiger partial charge in [-0.25, -0.2) is 13.1 Å². The third kappa shape index (κ3) is 4.37. The zero-order valence-electron chi connectivity index (χ0n) is 13.5. The number of sulfonamides is 1. The number of benzene rings is 1. The van der Waals surface area contributed by atoms with Crippen LogP contribution in [-0.4, -0.2) is 46.0 Å². The first-order valence-corrected chi connectivity index (χ1v) is 10.0. The van der Waals surface area contributed by atoms with Crippen molar-refractivity contribution in [3.8, 4) is 11.5 Å². The van der Waals surface area contributed by atoms with Crippen molar-refractivity contribution in [1.82, 2.24) is 9.62 Å². The average Bonchev–Trinajstić information content (AvgIpc) is 2.80. The van der Waals surface area contributed by atoms with Crippen LogP contribution in [-0.2, 0) is 10.0 Å². The molecule has 0 spiro atoms. The van der Waals surface area contributed by atoms with E-state index in [1.165, 1.54) is 19.1 Å². The predicted octanol–water partition coefficient (Wildman–Crippen LogP) is 1.88. The van der Waals surface area contributed by atoms with Crippen LogP contribution in [0.15, 0.2) is 18.2 Å². The molecule has 0 radical (unpaired) electrons. The standard InChI is InChI=1S/C16H24N2O4S/c1-23(19,20)17-11-14(18-8-4-2-3-5-9-18)13-6-7-15-16(10-13)22-12-21-15/h6-7,10,14,17H,2-5,8-9,11-12H2,1H3. The normalized spacial score (nSPS) is 20.2. The van der Waals surface area contributed by atoms with Gasteiger partial charge in [0.1, 0.15) is 0 Å². The number of hydrogen-bond donors (Lipinski definition) is 1. The molecule has 6 nitrogen and oxygen atoms in total. The van der Waals surface area contributed by atoms with Gasteiger partial charge in [0.05, 0.1) is 6.26 Å². The largest absolute Gasteiger partial charge is 0.454 e. The molecule has 1 unspecified atom stereocenters. The number of fused-ring (bicyclic) bond motifs is 1. The van der Waals surface area contributed by atoms with E-state index >= 15 is 0 Å². The molecule has 1 aromatic rings. The first-order valence-electron chi connectivity index (χ1n) is 8.11. The van der Waals surface area contributed by atoms with E-state index < -0.39 is 10.0 Å². The zero-order chi connectivity index (χ0) is 16.3. The number of rotatable bonds is 5. The van der Waals surface area contributed by atoms with Crippen molar-refractivity contribution in [2.75, 3.05) is 32.7 Å². The van der Waals surface area contributed by atoms with Gasteiger partial charge in [-0.05, 0) is 43.6 Å². The fourth-order valence-electron chi connectivity index (χ4n) is 3.22. The smallest absolute Gasteiger partial charge is 0.231 e. The molecule has 1 aromatic carbocycles. The molecule has 1 saturated heterocycles. The van der Waals surface area contributed by atoms with Crippen LogP contribution in [0.5, 0.6) is 11.5 Å². The number of nitrogens with zero attached hydrogens (tertiary/aromatic N) is 1. The molecule has 7 heteroatoms. The Morgan fingerprint density at radius 2 is 1.83 bits per heavy atom. The Kier molecular flexibility index (Phi) is 5.08. The highest BCUT2D eigenvalue weighted by Crippen LogP contribution is 2.35. The average molecular weight is 340 g/mol. The lowest BCUT2D eigenvalue weighted by molar-refractivity contribution is 0.173. The fraction of sp³-hybridized carbons (Fsp3) is 0.625. The van der Waals surface area contributed by atoms with Gasteiger partial charge in [-0.2, -0.15) is 0 Å². The second-order valence-electron chi connectivity index (χ2n) is 6.20. The van der Waals surface area contributed by atoms with Crippen molar-refractivity contribution in [3.05, 3.63) is 23.8 Å². The van der Waals surface area contributed by atoms with Crippen molar-refractivity contribution in [2.45, 2.75) is 31.7 Å². The zero-order valence-corrected chi connectivity index (χ0v) is 14.3. The summed E-state index contributed by atoms with van der Waals surface area (Å²) in [5.74, 6) is 1.49. The Bertz CT molecular complexity index is 639. The summed E-state index contributed by atoms with van der Waals surface area (Å²) in [7, 11) is -3.22. The van der Waals surface area contributed by atoms with Crippen molar-refractivity contribution in [3.63, 3.8) is 0 Å². The molecule has 2 heterocycles. The van der Waals surface area contributed by atoms with Crippen LogP contribution in [0.2, 0.25) is 0 Å². The minimum absolute atomic E-state index is 0.0114. The monoisotopic (exact) mass is 340 g/mol. The maximum Gasteiger partial charge on any atom is 0.231 e. The Morgan fingerprint density at radius 1 is 1.13 bits per heavy atom. The lowest BCUT2D eigenvalue weighted by Crippen LogP contribution is -2.38. The number of nitrogens with one attached hydrogen (secondary N) is 1. The highest BCUT2D eigenvalue weighted by Gasteiger charge is 2.24. The van der Waals surface area contributed by atoms with Crippen molar-refractivity contribution in [1.29, 1.82) is 0 Å². The lowest BCUT2D eigenvalue weighted by atomic mass is 10.0. The van der Waals surface area contributed by atoms with E-state index in [0.717, 1.165) is 43.0 Å². The Hall–Kier alpha value is -1.31. The SMILES string of the molecule is CS(=O)(=O)NCC(c1ccc2c(c1)OCO2)N1CCCCCC1. The van der Waals surface area contributed by atoms with Crippen LogP contribution in [0.25, 0.3) is 0 Å². The number of likely N-dealkylation sites (tertiary alicyclic amines) is 1. The number of hydrogen-bond acceptors (Lipinski definition) is 5. The van der Waals surface area contributed by atoms with Gasteiger partial charge in [-0.15, -0.1) is 0 Å². The summed E-state index contributed by atoms with van der Waals surface area (Å²) in [6.45, 7) is 2.60. The Morgan fingerprint density at radius 3 is 2.52 bits per heavy atom. The fourth-order valence-corrected chi connectivity index (χ4v) is 3.68. The van der Waals surface area contributed by atoms with Crippen molar-refractivity contribution in [2.24, 2.45) is 0 Å². The van der Waals surface area contributed by atoms with Crippen LogP contribution in [0.4, 0.5) is 0 Å². The van der Waals surface area contributed by atoms with E-state index in [2.05, 4.69) is 9.62 Å². The lowest BCUT2D eigenvalue weighted by Gasteiger charge is -2.31. The summed E-state index contributed by atoms with van der Waals surface area (Å²) in [5.41, 5.74) is 1.06. The summed E-state index contributed by atoms with van der Waals surface area (Å²) in [5, 5.41) is 0. The molecule has 1 N–H and O–H groups in total. The first kappa shape index (κ1) is 16.5. The molecule has 128 valence electrons. The summed E-state index contributed by atoms with van der Waals surface area (Å²) >= 11 is 0. The first-order chi connectivity index (χ1) is 11.0. The Labute approximate surface area is 137 Å². The Balaban J connectivity index is 1.83. The van der Waals surface area contributed by atoms with Crippen LogP contribution in [0, 0.1) is 0 Å². The van der Waals surface area contributed by atoms with Gasteiger partial charge in [-0.1, -0.05) is 18.9 Å². The van der Waals surface area contributed by atoms with E-state index in [1.807, 2.05) is 18.2 Å². The van der Waals surface area contributed by atoms with Crippen LogP contribution < -0.4 is 14.2 Å². The van der Waals surface area contributed by atoms with Gasteiger partial charge in [0, 0.05) is 12.6 Å². The van der Waals surface area contributed by atoms with E-state index in [4.69, 9.17) is 9.47 Å². The summed E-state index contributed by atoms with van der Waals surface area (Å²) in [6.07, 6.45) is 5.99. The number of ether oxygens (including phenoxy) is 2. The summed E-state index contributed by atoms with van der Waals surface area (Å²) in [4.78, 5) is 2.38.